The fourth-order valence-electron chi connectivity index (χ4n) is 2.15. The number of rotatable bonds is 3. The molecule has 1 aliphatic rings. The highest BCUT2D eigenvalue weighted by atomic mass is 16.2. The van der Waals surface area contributed by atoms with Crippen molar-refractivity contribution in [1.29, 1.82) is 0 Å². The van der Waals surface area contributed by atoms with Crippen molar-refractivity contribution in [3.05, 3.63) is 0 Å². The Morgan fingerprint density at radius 1 is 1.21 bits per heavy atom. The molecule has 0 spiro atoms. The van der Waals surface area contributed by atoms with E-state index in [1.165, 1.54) is 0 Å². The molecular formula is C15H28N2O2. The first kappa shape index (κ1) is 16.0. The van der Waals surface area contributed by atoms with Crippen molar-refractivity contribution in [1.82, 2.24) is 10.2 Å². The van der Waals surface area contributed by atoms with E-state index in [-0.39, 0.29) is 23.3 Å². The van der Waals surface area contributed by atoms with Crippen molar-refractivity contribution < 1.29 is 9.59 Å². The van der Waals surface area contributed by atoms with Gasteiger partial charge in [-0.3, -0.25) is 9.59 Å². The van der Waals surface area contributed by atoms with Crippen molar-refractivity contribution in [3.8, 4) is 0 Å². The van der Waals surface area contributed by atoms with Gasteiger partial charge in [-0.1, -0.05) is 34.6 Å². The largest absolute Gasteiger partial charge is 0.353 e. The van der Waals surface area contributed by atoms with E-state index in [1.807, 2.05) is 25.7 Å². The van der Waals surface area contributed by atoms with Gasteiger partial charge in [-0.25, -0.2) is 0 Å². The Bertz CT molecular complexity index is 324. The van der Waals surface area contributed by atoms with Gasteiger partial charge in [0.1, 0.15) is 0 Å². The van der Waals surface area contributed by atoms with Crippen LogP contribution in [0.5, 0.6) is 0 Å². The lowest BCUT2D eigenvalue weighted by atomic mass is 9.94. The highest BCUT2D eigenvalue weighted by Gasteiger charge is 2.27. The molecule has 2 amide bonds. The molecule has 1 aliphatic heterocycles. The highest BCUT2D eigenvalue weighted by molar-refractivity contribution is 5.81. The number of hydrogen-bond acceptors (Lipinski definition) is 2. The van der Waals surface area contributed by atoms with Crippen molar-refractivity contribution in [3.63, 3.8) is 0 Å². The molecule has 0 unspecified atom stereocenters. The van der Waals surface area contributed by atoms with Crippen LogP contribution in [0.1, 0.15) is 53.9 Å². The van der Waals surface area contributed by atoms with Crippen molar-refractivity contribution in [2.75, 3.05) is 13.1 Å². The van der Waals surface area contributed by atoms with E-state index < -0.39 is 0 Å². The topological polar surface area (TPSA) is 49.4 Å². The van der Waals surface area contributed by atoms with Crippen LogP contribution in [0.4, 0.5) is 0 Å². The van der Waals surface area contributed by atoms with E-state index in [4.69, 9.17) is 0 Å². The van der Waals surface area contributed by atoms with Crippen LogP contribution in [-0.2, 0) is 9.59 Å². The average molecular weight is 268 g/mol. The summed E-state index contributed by atoms with van der Waals surface area (Å²) in [5, 5.41) is 3.08. The van der Waals surface area contributed by atoms with Gasteiger partial charge in [-0.2, -0.15) is 0 Å². The minimum absolute atomic E-state index is 0.0967. The van der Waals surface area contributed by atoms with Crippen LogP contribution in [-0.4, -0.2) is 35.8 Å². The molecule has 1 N–H and O–H groups in total. The molecule has 0 aromatic carbocycles. The van der Waals surface area contributed by atoms with Gasteiger partial charge < -0.3 is 10.2 Å². The van der Waals surface area contributed by atoms with Gasteiger partial charge in [-0.15, -0.1) is 0 Å². The predicted octanol–water partition coefficient (Wildman–Crippen LogP) is 2.19. The monoisotopic (exact) mass is 268 g/mol. The number of piperidine rings is 1. The molecule has 0 aromatic rings. The zero-order valence-electron chi connectivity index (χ0n) is 13.0. The summed E-state index contributed by atoms with van der Waals surface area (Å²) in [5.41, 5.74) is -0.343. The molecule has 1 fully saturated rings. The molecule has 0 aromatic heterocycles. The summed E-state index contributed by atoms with van der Waals surface area (Å²) < 4.78 is 0. The summed E-state index contributed by atoms with van der Waals surface area (Å²) in [6.07, 6.45) is 2.36. The number of carbonyl (C=O) groups is 2. The van der Waals surface area contributed by atoms with Crippen LogP contribution in [0, 0.1) is 11.3 Å². The maximum absolute atomic E-state index is 11.9. The lowest BCUT2D eigenvalue weighted by Gasteiger charge is -2.34. The maximum atomic E-state index is 11.9. The molecule has 19 heavy (non-hydrogen) atoms. The van der Waals surface area contributed by atoms with Crippen LogP contribution in [0.15, 0.2) is 0 Å². The Hall–Kier alpha value is -1.06. The van der Waals surface area contributed by atoms with Crippen molar-refractivity contribution >= 4 is 11.8 Å². The fourth-order valence-corrected chi connectivity index (χ4v) is 2.15. The van der Waals surface area contributed by atoms with Gasteiger partial charge in [0.15, 0.2) is 0 Å². The van der Waals surface area contributed by atoms with E-state index in [1.54, 1.807) is 0 Å². The van der Waals surface area contributed by atoms with Gasteiger partial charge in [0, 0.05) is 31.0 Å². The predicted molar refractivity (Wildman–Crippen MR) is 76.7 cm³/mol. The van der Waals surface area contributed by atoms with E-state index in [0.29, 0.717) is 12.3 Å². The van der Waals surface area contributed by atoms with Gasteiger partial charge >= 0.3 is 0 Å². The summed E-state index contributed by atoms with van der Waals surface area (Å²) in [6, 6.07) is 0.217. The van der Waals surface area contributed by atoms with Crippen molar-refractivity contribution in [2.24, 2.45) is 11.3 Å². The Balaban J connectivity index is 2.37. The molecule has 1 rings (SSSR count). The van der Waals surface area contributed by atoms with E-state index in [2.05, 4.69) is 19.2 Å². The molecule has 0 radical (unpaired) electrons. The number of carbonyl (C=O) groups excluding carboxylic acids is 2. The lowest BCUT2D eigenvalue weighted by Crippen LogP contribution is -2.49. The summed E-state index contributed by atoms with van der Waals surface area (Å²) in [7, 11) is 0. The number of amides is 2. The van der Waals surface area contributed by atoms with E-state index in [9.17, 15) is 9.59 Å². The van der Waals surface area contributed by atoms with Gasteiger partial charge in [0.25, 0.3) is 0 Å². The Morgan fingerprint density at radius 2 is 1.74 bits per heavy atom. The zero-order chi connectivity index (χ0) is 14.6. The molecule has 1 heterocycles. The molecular weight excluding hydrogens is 240 g/mol. The first-order chi connectivity index (χ1) is 8.70. The van der Waals surface area contributed by atoms with Gasteiger partial charge in [0.05, 0.1) is 0 Å². The normalized spacial score (nSPS) is 17.7. The smallest absolute Gasteiger partial charge is 0.225 e. The van der Waals surface area contributed by atoms with Crippen LogP contribution in [0.25, 0.3) is 0 Å². The maximum Gasteiger partial charge on any atom is 0.225 e. The third-order valence-corrected chi connectivity index (χ3v) is 3.45. The van der Waals surface area contributed by atoms with Gasteiger partial charge in [0.2, 0.25) is 11.8 Å². The van der Waals surface area contributed by atoms with Crippen LogP contribution < -0.4 is 5.32 Å². The SMILES string of the molecule is CC(C)CC(=O)N1CCC(NC(=O)C(C)(C)C)CC1. The summed E-state index contributed by atoms with van der Waals surface area (Å²) >= 11 is 0. The number of nitrogens with zero attached hydrogens (tertiary/aromatic N) is 1. The Kier molecular flexibility index (Phi) is 5.39. The second-order valence-corrected chi connectivity index (χ2v) is 6.98. The standard InChI is InChI=1S/C15H28N2O2/c1-11(2)10-13(18)17-8-6-12(7-9-17)16-14(19)15(3,4)5/h11-12H,6-10H2,1-5H3,(H,16,19). The first-order valence-electron chi connectivity index (χ1n) is 7.29. The fraction of sp³-hybridized carbons (Fsp3) is 0.867. The molecule has 0 aliphatic carbocycles. The molecule has 0 atom stereocenters. The van der Waals surface area contributed by atoms with E-state index in [0.717, 1.165) is 25.9 Å². The quantitative estimate of drug-likeness (QED) is 0.853. The first-order valence-corrected chi connectivity index (χ1v) is 7.29. The molecule has 4 heteroatoms. The van der Waals surface area contributed by atoms with E-state index >= 15 is 0 Å². The summed E-state index contributed by atoms with van der Waals surface area (Å²) in [5.74, 6) is 0.751. The molecule has 1 saturated heterocycles. The number of hydrogen-bond donors (Lipinski definition) is 1. The van der Waals surface area contributed by atoms with Crippen LogP contribution in [0.2, 0.25) is 0 Å². The molecule has 0 saturated carbocycles. The molecule has 4 nitrogen and oxygen atoms in total. The Labute approximate surface area is 116 Å². The number of likely N-dealkylation sites (tertiary alicyclic amines) is 1. The Morgan fingerprint density at radius 3 is 2.16 bits per heavy atom. The molecule has 0 bridgehead atoms. The van der Waals surface area contributed by atoms with Crippen LogP contribution in [0.3, 0.4) is 0 Å². The number of nitrogens with one attached hydrogen (secondary N) is 1. The summed E-state index contributed by atoms with van der Waals surface area (Å²) in [6.45, 7) is 11.4. The zero-order valence-corrected chi connectivity index (χ0v) is 13.0. The third-order valence-electron chi connectivity index (χ3n) is 3.45. The lowest BCUT2D eigenvalue weighted by molar-refractivity contribution is -0.133. The second kappa shape index (κ2) is 6.40. The molecule has 110 valence electrons. The highest BCUT2D eigenvalue weighted by Crippen LogP contribution is 2.17. The minimum atomic E-state index is -0.343. The van der Waals surface area contributed by atoms with Gasteiger partial charge in [-0.05, 0) is 18.8 Å². The van der Waals surface area contributed by atoms with Crippen molar-refractivity contribution in [2.45, 2.75) is 59.9 Å². The summed E-state index contributed by atoms with van der Waals surface area (Å²) in [4.78, 5) is 25.8. The third kappa shape index (κ3) is 5.21. The minimum Gasteiger partial charge on any atom is -0.353 e. The van der Waals surface area contributed by atoms with Crippen LogP contribution >= 0.6 is 0 Å². The second-order valence-electron chi connectivity index (χ2n) is 6.98. The average Bonchev–Trinajstić information content (AvgIpc) is 2.27.